The lowest BCUT2D eigenvalue weighted by atomic mass is 10.2. The predicted octanol–water partition coefficient (Wildman–Crippen LogP) is 2.12. The molecule has 12 nitrogen and oxygen atoms in total. The molecule has 6 N–H and O–H groups in total. The summed E-state index contributed by atoms with van der Waals surface area (Å²) in [6.07, 6.45) is 0.416. The quantitative estimate of drug-likeness (QED) is 0.240. The zero-order chi connectivity index (χ0) is 27.9. The number of nitrogens with two attached hydrogens (primary N) is 2. The molecule has 3 saturated heterocycles. The topological polar surface area (TPSA) is 180 Å². The summed E-state index contributed by atoms with van der Waals surface area (Å²) < 4.78 is 31.3. The van der Waals surface area contributed by atoms with Crippen molar-refractivity contribution in [2.75, 3.05) is 52.9 Å². The van der Waals surface area contributed by atoms with Crippen LogP contribution < -0.4 is 20.9 Å². The van der Waals surface area contributed by atoms with Crippen LogP contribution in [0.5, 0.6) is 11.5 Å². The van der Waals surface area contributed by atoms with Gasteiger partial charge in [-0.3, -0.25) is 9.59 Å². The molecule has 3 fully saturated rings. The van der Waals surface area contributed by atoms with Crippen LogP contribution >= 0.6 is 0 Å². The van der Waals surface area contributed by atoms with Gasteiger partial charge in [0.25, 0.3) is 11.8 Å². The summed E-state index contributed by atoms with van der Waals surface area (Å²) in [5, 5.41) is 1.73. The fourth-order valence-electron chi connectivity index (χ4n) is 3.91. The number of hydrogen-bond donors (Lipinski definition) is 4. The van der Waals surface area contributed by atoms with E-state index in [1.165, 1.54) is 0 Å². The number of carbonyl (C=O) groups is 2. The molecule has 2 amide bonds. The Hall–Kier alpha value is -4.10. The number of aromatic nitrogens is 2. The van der Waals surface area contributed by atoms with Crippen molar-refractivity contribution in [3.05, 3.63) is 59.9 Å². The fraction of sp³-hybridized carbons (Fsp3) is 0.357. The van der Waals surface area contributed by atoms with Gasteiger partial charge in [0.2, 0.25) is 0 Å². The molecule has 0 bridgehead atoms. The van der Waals surface area contributed by atoms with Crippen LogP contribution in [0.4, 0.5) is 0 Å². The molecule has 3 aliphatic rings. The molecule has 2 aromatic heterocycles. The third kappa shape index (κ3) is 7.51. The number of aromatic amines is 2. The van der Waals surface area contributed by atoms with E-state index in [0.717, 1.165) is 72.9 Å². The second-order valence-electron chi connectivity index (χ2n) is 9.29. The van der Waals surface area contributed by atoms with Crippen LogP contribution in [0.15, 0.2) is 48.5 Å². The predicted molar refractivity (Wildman–Crippen MR) is 146 cm³/mol. The Bertz CT molecular complexity index is 1340. The van der Waals surface area contributed by atoms with Crippen LogP contribution in [0.2, 0.25) is 0 Å². The summed E-state index contributed by atoms with van der Waals surface area (Å²) >= 11 is 0. The van der Waals surface area contributed by atoms with Crippen molar-refractivity contribution in [3.63, 3.8) is 0 Å². The van der Waals surface area contributed by atoms with Gasteiger partial charge in [-0.15, -0.1) is 0 Å². The standard InChI is InChI=1S/2C12H12N2O3.C4H8O2/c2*13-12(15)10-4-8-9(14-10)2-1-3-11(8)17-6-7-5-16-7;1-2-6-4-3-5-1/h2*1-4,7,14H,5-6H2,(H2,13,15);1-4H2. The van der Waals surface area contributed by atoms with Gasteiger partial charge in [0.05, 0.1) is 39.6 Å². The summed E-state index contributed by atoms with van der Waals surface area (Å²) in [5.74, 6) is 0.527. The average Bonchev–Trinajstić information content (AvgIpc) is 3.89. The molecule has 3 aliphatic heterocycles. The Morgan fingerprint density at radius 1 is 0.725 bits per heavy atom. The van der Waals surface area contributed by atoms with Crippen molar-refractivity contribution >= 4 is 33.6 Å². The molecule has 2 aromatic carbocycles. The average molecular weight is 553 g/mol. The van der Waals surface area contributed by atoms with E-state index in [1.54, 1.807) is 12.1 Å². The molecule has 212 valence electrons. The molecule has 0 saturated carbocycles. The highest BCUT2D eigenvalue weighted by atomic mass is 16.6. The second kappa shape index (κ2) is 12.8. The minimum atomic E-state index is -0.474. The summed E-state index contributed by atoms with van der Waals surface area (Å²) in [6, 6.07) is 14.6. The Kier molecular flexibility index (Phi) is 8.81. The fourth-order valence-corrected chi connectivity index (χ4v) is 3.91. The minimum absolute atomic E-state index is 0.208. The number of primary amides is 2. The zero-order valence-electron chi connectivity index (χ0n) is 21.9. The summed E-state index contributed by atoms with van der Waals surface area (Å²) in [4.78, 5) is 28.1. The summed E-state index contributed by atoms with van der Waals surface area (Å²) in [6.45, 7) is 5.71. The summed E-state index contributed by atoms with van der Waals surface area (Å²) in [5.41, 5.74) is 12.9. The number of hydrogen-bond acceptors (Lipinski definition) is 8. The lowest BCUT2D eigenvalue weighted by Crippen LogP contribution is -2.16. The molecule has 0 radical (unpaired) electrons. The molecule has 4 aromatic rings. The first kappa shape index (κ1) is 27.5. The summed E-state index contributed by atoms with van der Waals surface area (Å²) in [7, 11) is 0. The second-order valence-corrected chi connectivity index (χ2v) is 9.29. The molecular formula is C28H32N4O8. The smallest absolute Gasteiger partial charge is 0.265 e. The van der Waals surface area contributed by atoms with E-state index in [0.29, 0.717) is 24.6 Å². The van der Waals surface area contributed by atoms with E-state index in [4.69, 9.17) is 39.9 Å². The van der Waals surface area contributed by atoms with Crippen molar-refractivity contribution in [1.29, 1.82) is 0 Å². The van der Waals surface area contributed by atoms with E-state index in [1.807, 2.05) is 36.4 Å². The van der Waals surface area contributed by atoms with Gasteiger partial charge in [0, 0.05) is 21.8 Å². The number of amides is 2. The number of H-pyrrole nitrogens is 2. The van der Waals surface area contributed by atoms with E-state index >= 15 is 0 Å². The van der Waals surface area contributed by atoms with Crippen LogP contribution in [0.3, 0.4) is 0 Å². The highest BCUT2D eigenvalue weighted by Crippen LogP contribution is 2.28. The van der Waals surface area contributed by atoms with E-state index < -0.39 is 11.8 Å². The number of epoxide rings is 2. The number of rotatable bonds is 8. The van der Waals surface area contributed by atoms with Crippen LogP contribution in [-0.4, -0.2) is 86.8 Å². The number of carbonyl (C=O) groups excluding carboxylic acids is 2. The Morgan fingerprint density at radius 3 is 1.45 bits per heavy atom. The van der Waals surface area contributed by atoms with Crippen molar-refractivity contribution in [2.24, 2.45) is 11.5 Å². The van der Waals surface area contributed by atoms with Crippen molar-refractivity contribution in [1.82, 2.24) is 9.97 Å². The molecular weight excluding hydrogens is 520 g/mol. The van der Waals surface area contributed by atoms with Crippen LogP contribution in [-0.2, 0) is 18.9 Å². The molecule has 2 unspecified atom stereocenters. The molecule has 2 atom stereocenters. The highest BCUT2D eigenvalue weighted by Gasteiger charge is 2.24. The van der Waals surface area contributed by atoms with E-state index in [-0.39, 0.29) is 12.2 Å². The molecule has 5 heterocycles. The molecule has 12 heteroatoms. The normalized spacial score (nSPS) is 19.1. The van der Waals surface area contributed by atoms with Gasteiger partial charge >= 0.3 is 0 Å². The maximum Gasteiger partial charge on any atom is 0.265 e. The van der Waals surface area contributed by atoms with Crippen LogP contribution in [0, 0.1) is 0 Å². The van der Waals surface area contributed by atoms with Crippen LogP contribution in [0.1, 0.15) is 21.0 Å². The lowest BCUT2D eigenvalue weighted by molar-refractivity contribution is -0.0334. The number of benzene rings is 2. The van der Waals surface area contributed by atoms with Gasteiger partial charge in [0.15, 0.2) is 0 Å². The highest BCUT2D eigenvalue weighted by molar-refractivity contribution is 5.99. The first-order chi connectivity index (χ1) is 19.5. The Labute approximate surface area is 229 Å². The van der Waals surface area contributed by atoms with Gasteiger partial charge in [-0.25, -0.2) is 0 Å². The van der Waals surface area contributed by atoms with Gasteiger partial charge in [-0.1, -0.05) is 12.1 Å². The van der Waals surface area contributed by atoms with Gasteiger partial charge in [-0.2, -0.15) is 0 Å². The monoisotopic (exact) mass is 552 g/mol. The molecule has 40 heavy (non-hydrogen) atoms. The third-order valence-corrected chi connectivity index (χ3v) is 6.18. The van der Waals surface area contributed by atoms with Crippen molar-refractivity contribution in [3.8, 4) is 11.5 Å². The number of nitrogens with one attached hydrogen (secondary N) is 2. The van der Waals surface area contributed by atoms with E-state index in [9.17, 15) is 9.59 Å². The van der Waals surface area contributed by atoms with Gasteiger partial charge in [0.1, 0.15) is 48.3 Å². The first-order valence-electron chi connectivity index (χ1n) is 13.0. The van der Waals surface area contributed by atoms with Crippen molar-refractivity contribution in [2.45, 2.75) is 12.2 Å². The third-order valence-electron chi connectivity index (χ3n) is 6.18. The zero-order valence-corrected chi connectivity index (χ0v) is 21.9. The van der Waals surface area contributed by atoms with Gasteiger partial charge in [-0.05, 0) is 36.4 Å². The largest absolute Gasteiger partial charge is 0.490 e. The minimum Gasteiger partial charge on any atom is -0.490 e. The molecule has 7 rings (SSSR count). The first-order valence-corrected chi connectivity index (χ1v) is 13.0. The maximum atomic E-state index is 11.1. The van der Waals surface area contributed by atoms with Crippen molar-refractivity contribution < 1.29 is 38.0 Å². The lowest BCUT2D eigenvalue weighted by Gasteiger charge is -2.09. The Morgan fingerprint density at radius 2 is 1.12 bits per heavy atom. The molecule has 0 aliphatic carbocycles. The van der Waals surface area contributed by atoms with Gasteiger partial charge < -0.3 is 49.9 Å². The Balaban J connectivity index is 0.000000134. The van der Waals surface area contributed by atoms with Crippen LogP contribution in [0.25, 0.3) is 21.8 Å². The maximum absolute atomic E-state index is 11.1. The SMILES string of the molecule is C1COCCO1.NC(=O)c1cc2c(OCC3CO3)cccc2[nH]1.NC(=O)c1cc2c(OCC3CO3)cccc2[nH]1. The number of fused-ring (bicyclic) bond motifs is 2. The molecule has 0 spiro atoms. The number of ether oxygens (including phenoxy) is 6. The van der Waals surface area contributed by atoms with E-state index in [2.05, 4.69) is 9.97 Å².